The summed E-state index contributed by atoms with van der Waals surface area (Å²) in [6.07, 6.45) is 7.19. The molecule has 1 saturated heterocycles. The minimum absolute atomic E-state index is 0.0674. The molecule has 1 aliphatic heterocycles. The van der Waals surface area contributed by atoms with E-state index in [1.807, 2.05) is 30.3 Å². The van der Waals surface area contributed by atoms with Crippen LogP contribution >= 0.6 is 7.26 Å². The average Bonchev–Trinajstić information content (AvgIpc) is 2.95. The van der Waals surface area contributed by atoms with Crippen molar-refractivity contribution in [2.45, 2.75) is 46.1 Å². The molecule has 0 saturated carbocycles. The zero-order valence-corrected chi connectivity index (χ0v) is 19.5. The normalized spacial score (nSPS) is 16.7. The summed E-state index contributed by atoms with van der Waals surface area (Å²) in [6, 6.07) is 12.5. The van der Waals surface area contributed by atoms with Crippen molar-refractivity contribution in [1.29, 1.82) is 0 Å². The molecule has 0 aliphatic carbocycles. The van der Waals surface area contributed by atoms with E-state index in [1.54, 1.807) is 13.8 Å². The summed E-state index contributed by atoms with van der Waals surface area (Å²) in [5.41, 5.74) is 3.07. The SMILES string of the molecule is Cc1cc(F)cc(C)c1NC(=O)C[PH]1(CC(=O)OCc2ccccc2)CCCCCC1. The number of halogens is 1. The second kappa shape index (κ2) is 10.9. The van der Waals surface area contributed by atoms with Crippen LogP contribution in [0.4, 0.5) is 10.1 Å². The van der Waals surface area contributed by atoms with Crippen molar-refractivity contribution >= 4 is 24.8 Å². The molecule has 168 valence electrons. The Morgan fingerprint density at radius 3 is 2.19 bits per heavy atom. The standard InChI is InChI=1S/C25H33FNO3P/c1-19-14-22(26)15-20(2)25(19)27-23(28)17-31(12-8-3-4-9-13-31)18-24(29)30-16-21-10-6-5-7-11-21/h5-7,10-11,14-15,31H,3-4,8-9,12-13,16-18H2,1-2H3,(H,27,28). The zero-order valence-electron chi connectivity index (χ0n) is 18.5. The Labute approximate surface area is 184 Å². The van der Waals surface area contributed by atoms with Crippen LogP contribution in [0.25, 0.3) is 0 Å². The zero-order chi connectivity index (χ0) is 22.3. The third kappa shape index (κ3) is 6.87. The molecule has 1 aliphatic rings. The number of hydrogen-bond acceptors (Lipinski definition) is 3. The molecule has 0 atom stereocenters. The van der Waals surface area contributed by atoms with Crippen molar-refractivity contribution in [3.8, 4) is 0 Å². The molecule has 0 unspecified atom stereocenters. The van der Waals surface area contributed by atoms with Crippen molar-refractivity contribution in [1.82, 2.24) is 0 Å². The first kappa shape index (κ1) is 23.4. The van der Waals surface area contributed by atoms with Gasteiger partial charge in [0.05, 0.1) is 0 Å². The topological polar surface area (TPSA) is 55.4 Å². The Balaban J connectivity index is 1.68. The molecule has 2 aromatic rings. The van der Waals surface area contributed by atoms with Crippen LogP contribution in [-0.2, 0) is 20.9 Å². The second-order valence-corrected chi connectivity index (χ2v) is 13.6. The van der Waals surface area contributed by atoms with Gasteiger partial charge in [-0.25, -0.2) is 0 Å². The van der Waals surface area contributed by atoms with Gasteiger partial charge in [-0.15, -0.1) is 0 Å². The molecule has 31 heavy (non-hydrogen) atoms. The van der Waals surface area contributed by atoms with Gasteiger partial charge in [-0.1, -0.05) is 0 Å². The fourth-order valence-corrected chi connectivity index (χ4v) is 9.19. The molecule has 6 heteroatoms. The van der Waals surface area contributed by atoms with E-state index in [0.717, 1.165) is 43.6 Å². The summed E-state index contributed by atoms with van der Waals surface area (Å²) in [5, 5.41) is 3.01. The molecular formula is C25H33FNO3P. The van der Waals surface area contributed by atoms with Crippen molar-refractivity contribution < 1.29 is 18.7 Å². The maximum atomic E-state index is 13.6. The minimum atomic E-state index is -2.16. The molecule has 0 spiro atoms. The predicted molar refractivity (Wildman–Crippen MR) is 127 cm³/mol. The first-order valence-electron chi connectivity index (χ1n) is 11.1. The van der Waals surface area contributed by atoms with Gasteiger partial charge in [0.15, 0.2) is 0 Å². The second-order valence-electron chi connectivity index (χ2n) is 8.88. The molecule has 0 radical (unpaired) electrons. The average molecular weight is 446 g/mol. The first-order chi connectivity index (χ1) is 14.9. The van der Waals surface area contributed by atoms with Crippen LogP contribution in [0.15, 0.2) is 42.5 Å². The molecule has 3 rings (SSSR count). The third-order valence-electron chi connectivity index (χ3n) is 6.22. The van der Waals surface area contributed by atoms with Gasteiger partial charge in [0, 0.05) is 0 Å². The number of aryl methyl sites for hydroxylation is 2. The maximum absolute atomic E-state index is 13.6. The van der Waals surface area contributed by atoms with Crippen LogP contribution in [0.3, 0.4) is 0 Å². The van der Waals surface area contributed by atoms with E-state index < -0.39 is 7.26 Å². The Morgan fingerprint density at radius 2 is 1.58 bits per heavy atom. The van der Waals surface area contributed by atoms with E-state index in [9.17, 15) is 14.0 Å². The summed E-state index contributed by atoms with van der Waals surface area (Å²) in [4.78, 5) is 25.8. The number of amides is 1. The molecule has 1 N–H and O–H groups in total. The van der Waals surface area contributed by atoms with Crippen LogP contribution in [0.1, 0.15) is 42.4 Å². The van der Waals surface area contributed by atoms with Gasteiger partial charge in [0.25, 0.3) is 0 Å². The summed E-state index contributed by atoms with van der Waals surface area (Å²) in [6.45, 7) is 3.86. The Morgan fingerprint density at radius 1 is 0.968 bits per heavy atom. The molecule has 0 bridgehead atoms. The van der Waals surface area contributed by atoms with E-state index >= 15 is 0 Å². The van der Waals surface area contributed by atoms with E-state index in [-0.39, 0.29) is 24.3 Å². The monoisotopic (exact) mass is 445 g/mol. The van der Waals surface area contributed by atoms with Crippen LogP contribution < -0.4 is 5.32 Å². The number of nitrogens with one attached hydrogen (secondary N) is 1. The molecule has 1 fully saturated rings. The quantitative estimate of drug-likeness (QED) is 0.456. The van der Waals surface area contributed by atoms with Crippen molar-refractivity contribution in [3.05, 3.63) is 65.0 Å². The van der Waals surface area contributed by atoms with Crippen LogP contribution in [0.2, 0.25) is 0 Å². The van der Waals surface area contributed by atoms with Gasteiger partial charge >= 0.3 is 185 Å². The summed E-state index contributed by atoms with van der Waals surface area (Å²) >= 11 is 0. The molecule has 2 aromatic carbocycles. The number of carbonyl (C=O) groups is 2. The number of esters is 1. The van der Waals surface area contributed by atoms with Gasteiger partial charge in [0.2, 0.25) is 0 Å². The van der Waals surface area contributed by atoms with Crippen LogP contribution in [0.5, 0.6) is 0 Å². The number of rotatable bonds is 7. The Hall–Kier alpha value is -2.26. The van der Waals surface area contributed by atoms with Crippen molar-refractivity contribution in [3.63, 3.8) is 0 Å². The first-order valence-corrected chi connectivity index (χ1v) is 14.0. The van der Waals surface area contributed by atoms with Crippen LogP contribution in [-0.4, -0.2) is 36.5 Å². The fourth-order valence-electron chi connectivity index (χ4n) is 4.62. The summed E-state index contributed by atoms with van der Waals surface area (Å²) < 4.78 is 19.2. The van der Waals surface area contributed by atoms with Crippen molar-refractivity contribution in [2.24, 2.45) is 0 Å². The van der Waals surface area contributed by atoms with E-state index in [1.165, 1.54) is 12.1 Å². The third-order valence-corrected chi connectivity index (χ3v) is 11.2. The summed E-state index contributed by atoms with van der Waals surface area (Å²) in [5.74, 6) is -0.564. The van der Waals surface area contributed by atoms with Gasteiger partial charge in [-0.2, -0.15) is 0 Å². The molecule has 1 heterocycles. The molecule has 0 aromatic heterocycles. The van der Waals surface area contributed by atoms with Gasteiger partial charge in [0.1, 0.15) is 0 Å². The number of anilines is 1. The fraction of sp³-hybridized carbons (Fsp3) is 0.440. The number of benzene rings is 2. The predicted octanol–water partition coefficient (Wildman–Crippen LogP) is 5.45. The molecular weight excluding hydrogens is 412 g/mol. The Kier molecular flexibility index (Phi) is 8.20. The molecule has 4 nitrogen and oxygen atoms in total. The van der Waals surface area contributed by atoms with E-state index in [2.05, 4.69) is 5.32 Å². The summed E-state index contributed by atoms with van der Waals surface area (Å²) in [7, 11) is -2.16. The van der Waals surface area contributed by atoms with E-state index in [0.29, 0.717) is 29.1 Å². The number of ether oxygens (including phenoxy) is 1. The van der Waals surface area contributed by atoms with Crippen LogP contribution in [0, 0.1) is 19.7 Å². The number of carbonyl (C=O) groups excluding carboxylic acids is 2. The van der Waals surface area contributed by atoms with Gasteiger partial charge in [-0.3, -0.25) is 0 Å². The number of hydrogen-bond donors (Lipinski definition) is 1. The Bertz CT molecular complexity index is 885. The van der Waals surface area contributed by atoms with E-state index in [4.69, 9.17) is 4.74 Å². The van der Waals surface area contributed by atoms with Crippen molar-refractivity contribution in [2.75, 3.05) is 30.0 Å². The molecule has 1 amide bonds. The van der Waals surface area contributed by atoms with Gasteiger partial charge < -0.3 is 0 Å². The van der Waals surface area contributed by atoms with Gasteiger partial charge in [-0.05, 0) is 0 Å².